The van der Waals surface area contributed by atoms with E-state index >= 15 is 0 Å². The Bertz CT molecular complexity index is 1890. The van der Waals surface area contributed by atoms with Crippen LogP contribution in [0.25, 0.3) is 0 Å². The zero-order valence-corrected chi connectivity index (χ0v) is 47.2. The Hall–Kier alpha value is -4.12. The molecule has 1 unspecified atom stereocenters. The molecule has 1 saturated carbocycles. The first-order valence-electron chi connectivity index (χ1n) is 24.5. The van der Waals surface area contributed by atoms with Crippen molar-refractivity contribution < 1.29 is 140 Å². The van der Waals surface area contributed by atoms with Gasteiger partial charge in [0.15, 0.2) is 25.9 Å². The van der Waals surface area contributed by atoms with E-state index in [1.54, 1.807) is 62.3 Å². The highest BCUT2D eigenvalue weighted by atomic mass is 19.4. The fraction of sp³-hybridized carbons (Fsp3) is 0.898. The van der Waals surface area contributed by atoms with Crippen LogP contribution in [0.5, 0.6) is 0 Å². The molecular formula is C49H75F21O10. The van der Waals surface area contributed by atoms with Gasteiger partial charge in [-0.15, -0.1) is 0 Å². The van der Waals surface area contributed by atoms with Crippen molar-refractivity contribution in [1.82, 2.24) is 0 Å². The zero-order valence-electron chi connectivity index (χ0n) is 47.2. The molecule has 0 bridgehead atoms. The molecule has 0 aromatic rings. The van der Waals surface area contributed by atoms with Gasteiger partial charge in [0.25, 0.3) is 0 Å². The summed E-state index contributed by atoms with van der Waals surface area (Å²) in [7, 11) is 0. The van der Waals surface area contributed by atoms with Gasteiger partial charge in [-0.1, -0.05) is 34.6 Å². The molecule has 0 N–H and O–H groups in total. The number of esters is 5. The molecule has 1 aliphatic carbocycles. The van der Waals surface area contributed by atoms with E-state index in [9.17, 15) is 116 Å². The van der Waals surface area contributed by atoms with E-state index in [0.29, 0.717) is 32.1 Å². The van der Waals surface area contributed by atoms with Crippen LogP contribution >= 0.6 is 0 Å². The number of hydrogen-bond donors (Lipinski definition) is 0. The van der Waals surface area contributed by atoms with Gasteiger partial charge >= 0.3 is 78.5 Å². The van der Waals surface area contributed by atoms with Gasteiger partial charge in [0.1, 0.15) is 6.10 Å². The highest BCUT2D eigenvalue weighted by Crippen LogP contribution is 2.47. The molecule has 1 aliphatic rings. The van der Waals surface area contributed by atoms with Crippen LogP contribution in [0.2, 0.25) is 0 Å². The summed E-state index contributed by atoms with van der Waals surface area (Å²) in [4.78, 5) is 56.4. The smallest absolute Gasteiger partial charge is 0.460 e. The average molecular weight is 1220 g/mol. The summed E-state index contributed by atoms with van der Waals surface area (Å²) < 4.78 is 276. The molecule has 1 atom stereocenters. The van der Waals surface area contributed by atoms with Crippen molar-refractivity contribution in [2.24, 2.45) is 33.0 Å². The Morgan fingerprint density at radius 1 is 0.400 bits per heavy atom. The van der Waals surface area contributed by atoms with Crippen molar-refractivity contribution >= 4 is 29.8 Å². The van der Waals surface area contributed by atoms with Crippen LogP contribution in [0.3, 0.4) is 0 Å². The summed E-state index contributed by atoms with van der Waals surface area (Å²) in [6, 6.07) is 0. The minimum absolute atomic E-state index is 0.0635. The maximum absolute atomic E-state index is 12.8. The molecular weight excluding hydrogens is 1150 g/mol. The fourth-order valence-corrected chi connectivity index (χ4v) is 4.35. The molecule has 0 heterocycles. The molecule has 0 spiro atoms. The molecule has 0 saturated heterocycles. The van der Waals surface area contributed by atoms with E-state index in [1.807, 2.05) is 6.92 Å². The number of rotatable bonds is 18. The van der Waals surface area contributed by atoms with Crippen LogP contribution < -0.4 is 0 Å². The first-order chi connectivity index (χ1) is 35.1. The monoisotopic (exact) mass is 1220 g/mol. The molecule has 1 rings (SSSR count). The number of hydrogen-bond acceptors (Lipinski definition) is 10. The maximum Gasteiger partial charge on any atom is 0.460 e. The third-order valence-corrected chi connectivity index (χ3v) is 12.7. The first kappa shape index (κ1) is 82.3. The minimum atomic E-state index is -6.43. The lowest BCUT2D eigenvalue weighted by molar-refractivity contribution is -0.360. The third kappa shape index (κ3) is 29.2. The summed E-state index contributed by atoms with van der Waals surface area (Å²) in [5.41, 5.74) is -4.57. The standard InChI is InChI=1S/C13H21F3O2.C10H13F7O2.C9H13F5O2.C9H15F3O2.C8H13F3O2/c1-4-12(2,3)11(17)18-10-7-5-9(6-8-10)13(14,15)16;1-4-7(2,3)6(18)19-5-8(11,12)9(13,14)10(15,16)17;1-4-7(2,3)6(15)16-5-8(10,11)9(12,13)14;1-5-8(3,4)7(13)14-6(2)9(10,11)12;1-4-7(2,3)6(12)13-5-8(9,10)11/h9-10H,4-8H2,1-3H3;4-5H2,1-3H3;4-5H2,1-3H3;6H,5H2,1-4H3;4-5H2,1-3H3. The molecule has 31 heteroatoms. The Labute approximate surface area is 451 Å². The lowest BCUT2D eigenvalue weighted by Crippen LogP contribution is -2.54. The first-order valence-corrected chi connectivity index (χ1v) is 24.5. The highest BCUT2D eigenvalue weighted by molar-refractivity contribution is 5.77. The molecule has 1 fully saturated rings. The minimum Gasteiger partial charge on any atom is -0.462 e. The lowest BCUT2D eigenvalue weighted by Gasteiger charge is -2.31. The Balaban J connectivity index is -0.000000454. The summed E-state index contributed by atoms with van der Waals surface area (Å²) in [5, 5.41) is 0. The predicted octanol–water partition coefficient (Wildman–Crippen LogP) is 16.5. The molecule has 0 aromatic carbocycles. The van der Waals surface area contributed by atoms with Gasteiger partial charge in [0.05, 0.1) is 33.0 Å². The van der Waals surface area contributed by atoms with E-state index in [-0.39, 0.29) is 37.8 Å². The van der Waals surface area contributed by atoms with E-state index in [0.717, 1.165) is 6.92 Å². The summed E-state index contributed by atoms with van der Waals surface area (Å²) in [5.74, 6) is -22.3. The van der Waals surface area contributed by atoms with Gasteiger partial charge in [-0.05, 0) is 134 Å². The maximum atomic E-state index is 12.8. The number of carbonyl (C=O) groups is 5. The fourth-order valence-electron chi connectivity index (χ4n) is 4.35. The normalized spacial score (nSPS) is 16.7. The highest BCUT2D eigenvalue weighted by Gasteiger charge is 2.73. The van der Waals surface area contributed by atoms with E-state index in [2.05, 4.69) is 18.9 Å². The topological polar surface area (TPSA) is 132 Å². The van der Waals surface area contributed by atoms with Crippen molar-refractivity contribution in [3.8, 4) is 0 Å². The Morgan fingerprint density at radius 2 is 0.688 bits per heavy atom. The zero-order chi connectivity index (χ0) is 65.1. The molecule has 80 heavy (non-hydrogen) atoms. The van der Waals surface area contributed by atoms with E-state index in [4.69, 9.17) is 4.74 Å². The van der Waals surface area contributed by atoms with Gasteiger partial charge in [-0.2, -0.15) is 92.2 Å². The SMILES string of the molecule is CCC(C)(C)C(=O)OC(C)C(F)(F)F.CCC(C)(C)C(=O)OC1CCC(C(F)(F)F)CC1.CCC(C)(C)C(=O)OCC(F)(F)C(F)(F)C(F)(F)F.CCC(C)(C)C(=O)OCC(F)(F)C(F)(F)F.CCC(C)(C)C(=O)OCC(F)(F)F. The predicted molar refractivity (Wildman–Crippen MR) is 246 cm³/mol. The molecule has 10 nitrogen and oxygen atoms in total. The van der Waals surface area contributed by atoms with Gasteiger partial charge in [-0.3, -0.25) is 24.0 Å². The quantitative estimate of drug-likeness (QED) is 0.0742. The van der Waals surface area contributed by atoms with Gasteiger partial charge in [0.2, 0.25) is 0 Å². The summed E-state index contributed by atoms with van der Waals surface area (Å²) in [6.07, 6.45) is -24.8. The molecule has 0 aliphatic heterocycles. The Morgan fingerprint density at radius 3 is 0.950 bits per heavy atom. The lowest BCUT2D eigenvalue weighted by atomic mass is 9.86. The van der Waals surface area contributed by atoms with Crippen molar-refractivity contribution in [1.29, 1.82) is 0 Å². The number of alkyl halides is 21. The molecule has 0 amide bonds. The third-order valence-electron chi connectivity index (χ3n) is 12.7. The molecule has 0 radical (unpaired) electrons. The van der Waals surface area contributed by atoms with Crippen LogP contribution in [-0.4, -0.2) is 111 Å². The van der Waals surface area contributed by atoms with Crippen molar-refractivity contribution in [2.45, 2.75) is 229 Å². The van der Waals surface area contributed by atoms with Crippen LogP contribution in [0.4, 0.5) is 92.2 Å². The largest absolute Gasteiger partial charge is 0.462 e. The van der Waals surface area contributed by atoms with Gasteiger partial charge in [-0.25, -0.2) is 0 Å². The Kier molecular flexibility index (Phi) is 31.9. The van der Waals surface area contributed by atoms with Crippen molar-refractivity contribution in [3.63, 3.8) is 0 Å². The van der Waals surface area contributed by atoms with Gasteiger partial charge in [0, 0.05) is 0 Å². The number of carbonyl (C=O) groups excluding carboxylic acids is 5. The summed E-state index contributed by atoms with van der Waals surface area (Å²) >= 11 is 0. The molecule has 0 aromatic heterocycles. The summed E-state index contributed by atoms with van der Waals surface area (Å²) in [6.45, 7) is 18.6. The second kappa shape index (κ2) is 31.0. The van der Waals surface area contributed by atoms with Crippen molar-refractivity contribution in [3.05, 3.63) is 0 Å². The van der Waals surface area contributed by atoms with Gasteiger partial charge < -0.3 is 23.7 Å². The van der Waals surface area contributed by atoms with Crippen LogP contribution in [-0.2, 0) is 47.7 Å². The van der Waals surface area contributed by atoms with E-state index in [1.165, 1.54) is 34.6 Å². The van der Waals surface area contributed by atoms with E-state index < -0.39 is 131 Å². The van der Waals surface area contributed by atoms with Crippen molar-refractivity contribution in [2.75, 3.05) is 19.8 Å². The number of ether oxygens (including phenoxy) is 5. The molecule has 478 valence electrons. The van der Waals surface area contributed by atoms with Crippen LogP contribution in [0.1, 0.15) is 169 Å². The average Bonchev–Trinajstić information content (AvgIpc) is 3.30. The second-order valence-electron chi connectivity index (χ2n) is 21.5. The van der Waals surface area contributed by atoms with Crippen LogP contribution in [0, 0.1) is 33.0 Å². The van der Waals surface area contributed by atoms with Crippen LogP contribution in [0.15, 0.2) is 0 Å². The second-order valence-corrected chi connectivity index (χ2v) is 21.5. The number of halogens is 21.